The van der Waals surface area contributed by atoms with Gasteiger partial charge in [-0.15, -0.1) is 0 Å². The fourth-order valence-corrected chi connectivity index (χ4v) is 1.56. The Hall–Kier alpha value is -0.100. The van der Waals surface area contributed by atoms with Gasteiger partial charge in [0, 0.05) is 12.1 Å². The van der Waals surface area contributed by atoms with E-state index in [1.807, 2.05) is 0 Å². The molecule has 4 nitrogen and oxygen atoms in total. The van der Waals surface area contributed by atoms with Crippen LogP contribution in [0.5, 0.6) is 0 Å². The fourth-order valence-electron chi connectivity index (χ4n) is 0.559. The predicted octanol–water partition coefficient (Wildman–Crippen LogP) is 1.40. The Kier molecular flexibility index (Phi) is 2.30. The summed E-state index contributed by atoms with van der Waals surface area (Å²) < 4.78 is 4.10. The third-order valence-electron chi connectivity index (χ3n) is 1.03. The van der Waals surface area contributed by atoms with E-state index in [4.69, 9.17) is 0 Å². The molecule has 0 spiro atoms. The number of aromatic nitrogens is 2. The summed E-state index contributed by atoms with van der Waals surface area (Å²) in [7, 11) is 0. The van der Waals surface area contributed by atoms with Crippen molar-refractivity contribution >= 4 is 31.9 Å². The van der Waals surface area contributed by atoms with Crippen molar-refractivity contribution in [1.82, 2.24) is 5.16 Å². The average molecular weight is 272 g/mol. The molecule has 0 aliphatic heterocycles. The summed E-state index contributed by atoms with van der Waals surface area (Å²) in [5, 5.41) is 14.2. The van der Waals surface area contributed by atoms with Crippen molar-refractivity contribution < 1.29 is 9.53 Å². The molecule has 0 atom stereocenters. The minimum atomic E-state index is -0.205. The third kappa shape index (κ3) is 1.32. The number of alkyl halides is 2. The average Bonchev–Trinajstić information content (AvgIpc) is 2.11. The zero-order chi connectivity index (χ0) is 7.72. The second-order valence-electron chi connectivity index (χ2n) is 1.70. The Morgan fingerprint density at radius 2 is 2.30 bits per heavy atom. The molecule has 0 unspecified atom stereocenters. The van der Waals surface area contributed by atoms with Crippen LogP contribution in [0.4, 0.5) is 0 Å². The van der Waals surface area contributed by atoms with Gasteiger partial charge in [-0.25, -0.2) is 0 Å². The quantitative estimate of drug-likeness (QED) is 0.573. The summed E-state index contributed by atoms with van der Waals surface area (Å²) >= 11 is 6.32. The van der Waals surface area contributed by atoms with Gasteiger partial charge in [0.2, 0.25) is 11.4 Å². The van der Waals surface area contributed by atoms with Crippen LogP contribution in [0.3, 0.4) is 0 Å². The van der Waals surface area contributed by atoms with Gasteiger partial charge in [-0.1, -0.05) is 31.9 Å². The summed E-state index contributed by atoms with van der Waals surface area (Å²) in [6.07, 6.45) is 0. The molecule has 1 heterocycles. The van der Waals surface area contributed by atoms with E-state index < -0.39 is 0 Å². The topological polar surface area (TPSA) is 53.0 Å². The minimum absolute atomic E-state index is 0.205. The molecule has 56 valence electrons. The highest BCUT2D eigenvalue weighted by Crippen LogP contribution is 2.27. The van der Waals surface area contributed by atoms with E-state index in [9.17, 15) is 5.21 Å². The lowest BCUT2D eigenvalue weighted by Crippen LogP contribution is -2.27. The summed E-state index contributed by atoms with van der Waals surface area (Å²) in [4.78, 5) is 0.365. The van der Waals surface area contributed by atoms with Crippen molar-refractivity contribution in [3.05, 3.63) is 16.6 Å². The molecule has 0 amide bonds. The van der Waals surface area contributed by atoms with E-state index in [0.29, 0.717) is 16.3 Å². The Labute approximate surface area is 74.0 Å². The molecule has 0 aliphatic carbocycles. The molecule has 0 saturated heterocycles. The molecule has 0 bridgehead atoms. The second-order valence-corrected chi connectivity index (χ2v) is 4.76. The van der Waals surface area contributed by atoms with Crippen LogP contribution in [-0.4, -0.2) is 5.16 Å². The number of hydrogen-bond acceptors (Lipinski definition) is 3. The van der Waals surface area contributed by atoms with Crippen LogP contribution in [0.25, 0.3) is 0 Å². The minimum Gasteiger partial charge on any atom is -0.359 e. The lowest BCUT2D eigenvalue weighted by atomic mass is 10.4. The van der Waals surface area contributed by atoms with Gasteiger partial charge < -0.3 is 5.21 Å². The van der Waals surface area contributed by atoms with Crippen molar-refractivity contribution in [2.45, 2.75) is 10.7 Å². The van der Waals surface area contributed by atoms with Crippen molar-refractivity contribution in [2.24, 2.45) is 0 Å². The van der Waals surface area contributed by atoms with E-state index in [2.05, 4.69) is 41.6 Å². The zero-order valence-corrected chi connectivity index (χ0v) is 8.22. The van der Waals surface area contributed by atoms with E-state index >= 15 is 0 Å². The van der Waals surface area contributed by atoms with Crippen molar-refractivity contribution in [3.63, 3.8) is 0 Å². The monoisotopic (exact) mass is 270 g/mol. The highest BCUT2D eigenvalue weighted by molar-refractivity contribution is 9.24. The normalized spacial score (nSPS) is 10.8. The number of hydrogen-bond donors (Lipinski definition) is 0. The summed E-state index contributed by atoms with van der Waals surface area (Å²) in [6.45, 7) is 1.70. The molecular weight excluding hydrogens is 268 g/mol. The molecule has 0 aliphatic rings. The Morgan fingerprint density at radius 3 is 2.50 bits per heavy atom. The van der Waals surface area contributed by atoms with Gasteiger partial charge >= 0.3 is 0 Å². The second kappa shape index (κ2) is 2.87. The molecule has 0 fully saturated rings. The molecule has 0 N–H and O–H groups in total. The van der Waals surface area contributed by atoms with E-state index in [0.717, 1.165) is 0 Å². The number of halogens is 2. The summed E-state index contributed by atoms with van der Waals surface area (Å²) in [5.41, 5.74) is 1.02. The number of nitrogens with zero attached hydrogens (tertiary/aromatic N) is 2. The maximum atomic E-state index is 10.7. The summed E-state index contributed by atoms with van der Waals surface area (Å²) in [6, 6.07) is 0. The smallest absolute Gasteiger partial charge is 0.222 e. The molecule has 10 heavy (non-hydrogen) atoms. The largest absolute Gasteiger partial charge is 0.359 e. The van der Waals surface area contributed by atoms with Crippen LogP contribution in [-0.2, 0) is 0 Å². The highest BCUT2D eigenvalue weighted by Gasteiger charge is 2.20. The van der Waals surface area contributed by atoms with E-state index in [-0.39, 0.29) is 3.74 Å². The Morgan fingerprint density at radius 1 is 1.70 bits per heavy atom. The first kappa shape index (κ1) is 8.00. The highest BCUT2D eigenvalue weighted by atomic mass is 79.9. The maximum absolute atomic E-state index is 10.7. The van der Waals surface area contributed by atoms with Gasteiger partial charge in [0.25, 0.3) is 0 Å². The van der Waals surface area contributed by atoms with Gasteiger partial charge in [0.15, 0.2) is 0 Å². The first-order valence-corrected chi connectivity index (χ1v) is 4.30. The van der Waals surface area contributed by atoms with Gasteiger partial charge in [-0.05, 0) is 4.90 Å². The molecule has 1 rings (SSSR count). The van der Waals surface area contributed by atoms with E-state index in [1.54, 1.807) is 6.92 Å². The van der Waals surface area contributed by atoms with Crippen LogP contribution in [0, 0.1) is 12.1 Å². The van der Waals surface area contributed by atoms with Gasteiger partial charge in [0.05, 0.1) is 0 Å². The van der Waals surface area contributed by atoms with Crippen LogP contribution in [0.1, 0.15) is 15.1 Å². The lowest BCUT2D eigenvalue weighted by molar-refractivity contribution is -0.807. The maximum Gasteiger partial charge on any atom is 0.222 e. The van der Waals surface area contributed by atoms with Crippen molar-refractivity contribution in [3.8, 4) is 0 Å². The van der Waals surface area contributed by atoms with Crippen LogP contribution in [0.15, 0.2) is 4.63 Å². The molecule has 1 aromatic heterocycles. The molecule has 0 aromatic carbocycles. The lowest BCUT2D eigenvalue weighted by Gasteiger charge is -1.94. The van der Waals surface area contributed by atoms with Crippen LogP contribution in [0.2, 0.25) is 0 Å². The molecular formula is C4H4Br2N2O2. The SMILES string of the molecule is Cc1no[n+]([O-])c1C(Br)Br. The molecule has 1 aromatic rings. The van der Waals surface area contributed by atoms with Crippen LogP contribution < -0.4 is 4.90 Å². The molecule has 0 saturated carbocycles. The van der Waals surface area contributed by atoms with Crippen molar-refractivity contribution in [1.29, 1.82) is 0 Å². The first-order valence-electron chi connectivity index (χ1n) is 2.47. The third-order valence-corrected chi connectivity index (χ3v) is 1.89. The van der Waals surface area contributed by atoms with Crippen molar-refractivity contribution in [2.75, 3.05) is 0 Å². The Balaban J connectivity index is 3.10. The fraction of sp³-hybridized carbons (Fsp3) is 0.500. The van der Waals surface area contributed by atoms with Gasteiger partial charge in [0.1, 0.15) is 3.74 Å². The molecule has 6 heteroatoms. The zero-order valence-electron chi connectivity index (χ0n) is 5.04. The van der Waals surface area contributed by atoms with Crippen LogP contribution >= 0.6 is 31.9 Å². The predicted molar refractivity (Wildman–Crippen MR) is 40.8 cm³/mol. The van der Waals surface area contributed by atoms with Gasteiger partial charge in [-0.2, -0.15) is 0 Å². The standard InChI is InChI=1S/C4H4Br2N2O2/c1-2-3(4(5)6)8(9)10-7-2/h4H,1H3. The van der Waals surface area contributed by atoms with E-state index in [1.165, 1.54) is 0 Å². The summed E-state index contributed by atoms with van der Waals surface area (Å²) in [5.74, 6) is 0. The number of rotatable bonds is 1. The first-order chi connectivity index (χ1) is 4.63. The molecule has 0 radical (unpaired) electrons. The van der Waals surface area contributed by atoms with Gasteiger partial charge in [-0.3, -0.25) is 4.63 Å². The Bertz CT molecular complexity index is 216. The number of aryl methyl sites for hydroxylation is 1.